The van der Waals surface area contributed by atoms with Crippen LogP contribution >= 0.6 is 0 Å². The van der Waals surface area contributed by atoms with Crippen molar-refractivity contribution in [3.63, 3.8) is 0 Å². The van der Waals surface area contributed by atoms with Gasteiger partial charge in [-0.1, -0.05) is 0 Å². The van der Waals surface area contributed by atoms with Crippen molar-refractivity contribution < 1.29 is 15.0 Å². The van der Waals surface area contributed by atoms with Gasteiger partial charge in [0, 0.05) is 60.8 Å². The Balaban J connectivity index is -0.000000125. The second-order valence-electron chi connectivity index (χ2n) is 1.01. The fourth-order valence-corrected chi connectivity index (χ4v) is 0. The third-order valence-electron chi connectivity index (χ3n) is 0.357. The van der Waals surface area contributed by atoms with Crippen LogP contribution in [0.25, 0.3) is 0 Å². The van der Waals surface area contributed by atoms with Gasteiger partial charge in [0.05, 0.1) is 0 Å². The van der Waals surface area contributed by atoms with Crippen LogP contribution in [0.1, 0.15) is 6.92 Å². The van der Waals surface area contributed by atoms with E-state index < -0.39 is 12.1 Å². The Morgan fingerprint density at radius 2 is 1.75 bits per heavy atom. The number of carboxylic acid groups (broad SMARTS) is 1. The van der Waals surface area contributed by atoms with Crippen LogP contribution in [0.4, 0.5) is 0 Å². The van der Waals surface area contributed by atoms with Gasteiger partial charge in [0.25, 0.3) is 0 Å². The van der Waals surface area contributed by atoms with Gasteiger partial charge >= 0.3 is 5.97 Å². The molecule has 0 spiro atoms. The fourth-order valence-electron chi connectivity index (χ4n) is 0. The predicted octanol–water partition coefficient (Wildman–Crippen LogP) is -1.31. The zero-order valence-electron chi connectivity index (χ0n) is 4.79. The van der Waals surface area contributed by atoms with Crippen molar-refractivity contribution in [3.8, 4) is 0 Å². The van der Waals surface area contributed by atoms with E-state index in [1.54, 1.807) is 0 Å². The van der Waals surface area contributed by atoms with Crippen molar-refractivity contribution in [2.24, 2.45) is 0 Å². The summed E-state index contributed by atoms with van der Waals surface area (Å²) in [4.78, 5) is 9.45. The van der Waals surface area contributed by atoms with Crippen LogP contribution in [0.3, 0.4) is 0 Å². The molecule has 0 fully saturated rings. The van der Waals surface area contributed by atoms with Crippen molar-refractivity contribution in [2.75, 3.05) is 0 Å². The SMILES string of the molecule is CC(O)C(=O)O.[Ca].[Mg]. The van der Waals surface area contributed by atoms with Gasteiger partial charge in [-0.05, 0) is 6.92 Å². The fraction of sp³-hybridized carbons (Fsp3) is 0.667. The first-order valence-corrected chi connectivity index (χ1v) is 1.55. The minimum atomic E-state index is -1.23. The number of aliphatic hydroxyl groups is 1. The molecule has 0 aromatic heterocycles. The van der Waals surface area contributed by atoms with E-state index >= 15 is 0 Å². The van der Waals surface area contributed by atoms with Gasteiger partial charge in [-0.3, -0.25) is 0 Å². The maximum absolute atomic E-state index is 9.45. The zero-order chi connectivity index (χ0) is 5.15. The van der Waals surface area contributed by atoms with Gasteiger partial charge in [-0.2, -0.15) is 0 Å². The van der Waals surface area contributed by atoms with Crippen LogP contribution < -0.4 is 0 Å². The quantitative estimate of drug-likeness (QED) is 0.461. The summed E-state index contributed by atoms with van der Waals surface area (Å²) < 4.78 is 0. The van der Waals surface area contributed by atoms with E-state index in [4.69, 9.17) is 10.2 Å². The predicted molar refractivity (Wildman–Crippen MR) is 30.8 cm³/mol. The molecule has 0 aliphatic rings. The van der Waals surface area contributed by atoms with E-state index in [0.29, 0.717) is 0 Å². The summed E-state index contributed by atoms with van der Waals surface area (Å²) in [7, 11) is 0. The number of carbonyl (C=O) groups is 1. The first-order valence-electron chi connectivity index (χ1n) is 1.55. The van der Waals surface area contributed by atoms with Gasteiger partial charge in [-0.25, -0.2) is 4.79 Å². The average molecular weight is 154 g/mol. The van der Waals surface area contributed by atoms with E-state index in [1.165, 1.54) is 6.92 Å². The summed E-state index contributed by atoms with van der Waals surface area (Å²) in [6.45, 7) is 1.20. The van der Waals surface area contributed by atoms with E-state index in [2.05, 4.69) is 0 Å². The minimum Gasteiger partial charge on any atom is -0.479 e. The number of hydrogen-bond acceptors (Lipinski definition) is 2. The molecule has 0 aromatic carbocycles. The van der Waals surface area contributed by atoms with Crippen molar-refractivity contribution in [3.05, 3.63) is 0 Å². The van der Waals surface area contributed by atoms with Crippen LogP contribution in [0.15, 0.2) is 0 Å². The maximum Gasteiger partial charge on any atom is 0.332 e. The summed E-state index contributed by atoms with van der Waals surface area (Å²) in [5, 5.41) is 15.8. The normalized spacial score (nSPS) is 10.2. The topological polar surface area (TPSA) is 57.5 Å². The second kappa shape index (κ2) is 8.46. The average Bonchev–Trinajstić information content (AvgIpc) is 1.36. The van der Waals surface area contributed by atoms with Crippen molar-refractivity contribution >= 4 is 66.8 Å². The Labute approximate surface area is 93.6 Å². The largest absolute Gasteiger partial charge is 0.479 e. The van der Waals surface area contributed by atoms with Crippen molar-refractivity contribution in [1.29, 1.82) is 0 Å². The molecule has 1 atom stereocenters. The summed E-state index contributed by atoms with van der Waals surface area (Å²) in [5.41, 5.74) is 0. The van der Waals surface area contributed by atoms with Gasteiger partial charge in [0.15, 0.2) is 0 Å². The number of carboxylic acids is 1. The van der Waals surface area contributed by atoms with E-state index in [-0.39, 0.29) is 60.8 Å². The van der Waals surface area contributed by atoms with Crippen LogP contribution in [0, 0.1) is 0 Å². The van der Waals surface area contributed by atoms with Gasteiger partial charge in [-0.15, -0.1) is 0 Å². The number of aliphatic hydroxyl groups excluding tert-OH is 1. The Kier molecular flexibility index (Phi) is 17.1. The molecular weight excluding hydrogens is 148 g/mol. The van der Waals surface area contributed by atoms with E-state index in [0.717, 1.165) is 0 Å². The first kappa shape index (κ1) is 16.2. The molecule has 8 heavy (non-hydrogen) atoms. The summed E-state index contributed by atoms with van der Waals surface area (Å²) in [5.74, 6) is -1.19. The van der Waals surface area contributed by atoms with Crippen molar-refractivity contribution in [1.82, 2.24) is 0 Å². The van der Waals surface area contributed by atoms with E-state index in [1.807, 2.05) is 0 Å². The molecule has 1 unspecified atom stereocenters. The summed E-state index contributed by atoms with van der Waals surface area (Å²) in [6.07, 6.45) is -1.23. The maximum atomic E-state index is 9.45. The Bertz CT molecular complexity index is 65.5. The number of aliphatic carboxylic acids is 1. The molecule has 3 nitrogen and oxygen atoms in total. The van der Waals surface area contributed by atoms with Crippen molar-refractivity contribution in [2.45, 2.75) is 13.0 Å². The summed E-state index contributed by atoms with van der Waals surface area (Å²) >= 11 is 0. The summed E-state index contributed by atoms with van der Waals surface area (Å²) in [6, 6.07) is 0. The molecule has 4 radical (unpaired) electrons. The molecule has 0 bridgehead atoms. The molecule has 40 valence electrons. The first-order chi connectivity index (χ1) is 2.64. The minimum absolute atomic E-state index is 0. The van der Waals surface area contributed by atoms with Crippen LogP contribution in [0.2, 0.25) is 0 Å². The smallest absolute Gasteiger partial charge is 0.332 e. The number of hydrogen-bond donors (Lipinski definition) is 2. The molecule has 0 aromatic rings. The monoisotopic (exact) mass is 154 g/mol. The van der Waals surface area contributed by atoms with Crippen LogP contribution in [0.5, 0.6) is 0 Å². The molecule has 0 amide bonds. The molecular formula is C3H6CaMgO3. The molecule has 0 saturated heterocycles. The number of rotatable bonds is 1. The molecule has 2 N–H and O–H groups in total. The molecule has 5 heteroatoms. The van der Waals surface area contributed by atoms with Crippen LogP contribution in [-0.4, -0.2) is 83.1 Å². The molecule has 0 aliphatic carbocycles. The molecule has 0 rings (SSSR count). The third kappa shape index (κ3) is 10.4. The van der Waals surface area contributed by atoms with Gasteiger partial charge in [0.1, 0.15) is 6.10 Å². The van der Waals surface area contributed by atoms with Crippen LogP contribution in [-0.2, 0) is 4.79 Å². The third-order valence-corrected chi connectivity index (χ3v) is 0.357. The van der Waals surface area contributed by atoms with Gasteiger partial charge < -0.3 is 10.2 Å². The molecule has 0 heterocycles. The molecule has 0 aliphatic heterocycles. The van der Waals surface area contributed by atoms with Gasteiger partial charge in [0.2, 0.25) is 0 Å². The Morgan fingerprint density at radius 1 is 1.62 bits per heavy atom. The second-order valence-corrected chi connectivity index (χ2v) is 1.01. The Morgan fingerprint density at radius 3 is 1.75 bits per heavy atom. The Hall–Kier alpha value is 1.46. The van der Waals surface area contributed by atoms with E-state index in [9.17, 15) is 4.79 Å². The zero-order valence-corrected chi connectivity index (χ0v) is 8.42. The molecule has 0 saturated carbocycles. The standard InChI is InChI=1S/C3H6O3.Ca.Mg/c1-2(4)3(5)6;;/h2,4H,1H3,(H,5,6);;.